The van der Waals surface area contributed by atoms with Crippen molar-refractivity contribution in [2.45, 2.75) is 12.5 Å². The summed E-state index contributed by atoms with van der Waals surface area (Å²) in [7, 11) is 1.86. The highest BCUT2D eigenvalue weighted by Crippen LogP contribution is 2.33. The molecule has 19 heavy (non-hydrogen) atoms. The average Bonchev–Trinajstić information content (AvgIpc) is 2.72. The summed E-state index contributed by atoms with van der Waals surface area (Å²) in [4.78, 5) is 4.02. The van der Waals surface area contributed by atoms with Gasteiger partial charge in [-0.2, -0.15) is 0 Å². The summed E-state index contributed by atoms with van der Waals surface area (Å²) in [6.07, 6.45) is 3.48. The molecule has 0 radical (unpaired) electrons. The molecule has 1 aromatic carbocycles. The first-order valence-electron chi connectivity index (χ1n) is 6.29. The van der Waals surface area contributed by atoms with E-state index in [1.54, 1.807) is 17.1 Å². The molecule has 2 aromatic rings. The summed E-state index contributed by atoms with van der Waals surface area (Å²) in [5.74, 6) is 1.43. The summed E-state index contributed by atoms with van der Waals surface area (Å²) in [6, 6.07) is 5.53. The molecule has 0 aliphatic carbocycles. The van der Waals surface area contributed by atoms with Crippen molar-refractivity contribution in [2.75, 3.05) is 13.2 Å². The first kappa shape index (κ1) is 12.0. The van der Waals surface area contributed by atoms with Crippen molar-refractivity contribution < 1.29 is 14.6 Å². The lowest BCUT2D eigenvalue weighted by molar-refractivity contribution is 0.210. The van der Waals surface area contributed by atoms with Gasteiger partial charge in [0.1, 0.15) is 6.10 Å². The van der Waals surface area contributed by atoms with Crippen LogP contribution < -0.4 is 9.47 Å². The number of aliphatic hydroxyl groups excluding tert-OH is 1. The zero-order chi connectivity index (χ0) is 13.2. The second kappa shape index (κ2) is 4.93. The Balaban J connectivity index is 1.93. The lowest BCUT2D eigenvalue weighted by Gasteiger charge is -2.14. The number of fused-ring (bicyclic) bond motifs is 1. The van der Waals surface area contributed by atoms with Crippen LogP contribution in [0.2, 0.25) is 0 Å². The molecule has 1 unspecified atom stereocenters. The largest absolute Gasteiger partial charge is 0.490 e. The Hall–Kier alpha value is -2.01. The van der Waals surface area contributed by atoms with Gasteiger partial charge in [-0.15, -0.1) is 0 Å². The van der Waals surface area contributed by atoms with E-state index in [2.05, 4.69) is 4.98 Å². The lowest BCUT2D eigenvalue weighted by Crippen LogP contribution is -2.05. The standard InChI is InChI=1S/C14H16N2O3/c1-16-9-15-8-11(16)14(17)10-3-4-12-13(7-10)19-6-2-5-18-12/h3-4,7-9,14,17H,2,5-6H2,1H3. The van der Waals surface area contributed by atoms with Crippen LogP contribution in [0.1, 0.15) is 23.8 Å². The molecule has 0 fully saturated rings. The predicted octanol–water partition coefficient (Wildman–Crippen LogP) is 1.66. The van der Waals surface area contributed by atoms with Crippen molar-refractivity contribution in [3.63, 3.8) is 0 Å². The molecule has 1 atom stereocenters. The van der Waals surface area contributed by atoms with Gasteiger partial charge >= 0.3 is 0 Å². The molecule has 100 valence electrons. The van der Waals surface area contributed by atoms with E-state index in [9.17, 15) is 5.11 Å². The fourth-order valence-electron chi connectivity index (χ4n) is 2.15. The van der Waals surface area contributed by atoms with Gasteiger partial charge in [0, 0.05) is 13.5 Å². The van der Waals surface area contributed by atoms with Crippen molar-refractivity contribution >= 4 is 0 Å². The van der Waals surface area contributed by atoms with Crippen molar-refractivity contribution in [3.05, 3.63) is 42.0 Å². The van der Waals surface area contributed by atoms with Gasteiger partial charge in [0.25, 0.3) is 0 Å². The Kier molecular flexibility index (Phi) is 3.13. The molecule has 1 N–H and O–H groups in total. The summed E-state index contributed by atoms with van der Waals surface area (Å²) < 4.78 is 13.0. The topological polar surface area (TPSA) is 56.5 Å². The molecule has 3 rings (SSSR count). The molecule has 0 amide bonds. The van der Waals surface area contributed by atoms with E-state index in [1.165, 1.54) is 0 Å². The number of ether oxygens (including phenoxy) is 2. The van der Waals surface area contributed by atoms with Crippen LogP contribution in [0.4, 0.5) is 0 Å². The summed E-state index contributed by atoms with van der Waals surface area (Å²) >= 11 is 0. The van der Waals surface area contributed by atoms with E-state index in [1.807, 2.05) is 25.2 Å². The van der Waals surface area contributed by atoms with Crippen molar-refractivity contribution in [3.8, 4) is 11.5 Å². The van der Waals surface area contributed by atoms with Gasteiger partial charge in [-0.3, -0.25) is 0 Å². The second-order valence-corrected chi connectivity index (χ2v) is 4.59. The van der Waals surface area contributed by atoms with Crippen LogP contribution in [0.3, 0.4) is 0 Å². The number of aliphatic hydroxyl groups is 1. The van der Waals surface area contributed by atoms with E-state index in [0.29, 0.717) is 19.0 Å². The van der Waals surface area contributed by atoms with E-state index >= 15 is 0 Å². The van der Waals surface area contributed by atoms with Crippen LogP contribution in [-0.4, -0.2) is 27.9 Å². The van der Waals surface area contributed by atoms with Gasteiger partial charge in [0.2, 0.25) is 0 Å². The maximum atomic E-state index is 10.4. The molecule has 0 saturated heterocycles. The lowest BCUT2D eigenvalue weighted by atomic mass is 10.1. The van der Waals surface area contributed by atoms with Gasteiger partial charge in [0.05, 0.1) is 31.4 Å². The molecular formula is C14H16N2O3. The van der Waals surface area contributed by atoms with Gasteiger partial charge in [-0.1, -0.05) is 6.07 Å². The van der Waals surface area contributed by atoms with Gasteiger partial charge in [-0.25, -0.2) is 4.98 Å². The Morgan fingerprint density at radius 3 is 2.79 bits per heavy atom. The molecule has 5 heteroatoms. The number of hydrogen-bond acceptors (Lipinski definition) is 4. The summed E-state index contributed by atoms with van der Waals surface area (Å²) in [5, 5.41) is 10.4. The van der Waals surface area contributed by atoms with Gasteiger partial charge in [-0.05, 0) is 17.7 Å². The molecule has 1 aliphatic rings. The fraction of sp³-hybridized carbons (Fsp3) is 0.357. The van der Waals surface area contributed by atoms with E-state index in [0.717, 1.165) is 23.4 Å². The smallest absolute Gasteiger partial charge is 0.161 e. The highest BCUT2D eigenvalue weighted by molar-refractivity contribution is 5.45. The van der Waals surface area contributed by atoms with Crippen LogP contribution in [0, 0.1) is 0 Å². The number of hydrogen-bond donors (Lipinski definition) is 1. The number of rotatable bonds is 2. The highest BCUT2D eigenvalue weighted by atomic mass is 16.5. The maximum Gasteiger partial charge on any atom is 0.161 e. The first-order valence-corrected chi connectivity index (χ1v) is 6.29. The molecule has 5 nitrogen and oxygen atoms in total. The minimum atomic E-state index is -0.718. The number of benzene rings is 1. The molecule has 0 saturated carbocycles. The molecule has 0 spiro atoms. The third-order valence-corrected chi connectivity index (χ3v) is 3.22. The number of aryl methyl sites for hydroxylation is 1. The zero-order valence-corrected chi connectivity index (χ0v) is 10.7. The van der Waals surface area contributed by atoms with Crippen LogP contribution >= 0.6 is 0 Å². The van der Waals surface area contributed by atoms with Crippen molar-refractivity contribution in [1.82, 2.24) is 9.55 Å². The number of imidazole rings is 1. The maximum absolute atomic E-state index is 10.4. The third kappa shape index (κ3) is 2.29. The third-order valence-electron chi connectivity index (χ3n) is 3.22. The Bertz CT molecular complexity index is 580. The van der Waals surface area contributed by atoms with Crippen LogP contribution in [0.15, 0.2) is 30.7 Å². The van der Waals surface area contributed by atoms with E-state index in [4.69, 9.17) is 9.47 Å². The van der Waals surface area contributed by atoms with Crippen LogP contribution in [-0.2, 0) is 7.05 Å². The second-order valence-electron chi connectivity index (χ2n) is 4.59. The van der Waals surface area contributed by atoms with Crippen LogP contribution in [0.25, 0.3) is 0 Å². The summed E-state index contributed by atoms with van der Waals surface area (Å²) in [6.45, 7) is 1.30. The molecule has 0 bridgehead atoms. The minimum Gasteiger partial charge on any atom is -0.490 e. The Morgan fingerprint density at radius 2 is 2.05 bits per heavy atom. The fourth-order valence-corrected chi connectivity index (χ4v) is 2.15. The van der Waals surface area contributed by atoms with Crippen molar-refractivity contribution in [1.29, 1.82) is 0 Å². The zero-order valence-electron chi connectivity index (χ0n) is 10.7. The molecule has 1 aliphatic heterocycles. The van der Waals surface area contributed by atoms with Gasteiger partial charge < -0.3 is 19.1 Å². The van der Waals surface area contributed by atoms with Crippen molar-refractivity contribution in [2.24, 2.45) is 7.05 Å². The Morgan fingerprint density at radius 1 is 1.26 bits per heavy atom. The normalized spacial score (nSPS) is 15.9. The van der Waals surface area contributed by atoms with Gasteiger partial charge in [0.15, 0.2) is 11.5 Å². The monoisotopic (exact) mass is 260 g/mol. The minimum absolute atomic E-state index is 0.637. The average molecular weight is 260 g/mol. The molecular weight excluding hydrogens is 244 g/mol. The number of aromatic nitrogens is 2. The number of nitrogens with zero attached hydrogens (tertiary/aromatic N) is 2. The van der Waals surface area contributed by atoms with E-state index < -0.39 is 6.10 Å². The summed E-state index contributed by atoms with van der Waals surface area (Å²) in [5.41, 5.74) is 1.52. The SMILES string of the molecule is Cn1cncc1C(O)c1ccc2c(c1)OCCCO2. The Labute approximate surface area is 111 Å². The quantitative estimate of drug-likeness (QED) is 0.892. The molecule has 2 heterocycles. The first-order chi connectivity index (χ1) is 9.25. The molecule has 1 aromatic heterocycles. The predicted molar refractivity (Wildman–Crippen MR) is 69.3 cm³/mol. The highest BCUT2D eigenvalue weighted by Gasteiger charge is 2.17. The van der Waals surface area contributed by atoms with E-state index in [-0.39, 0.29) is 0 Å². The van der Waals surface area contributed by atoms with Crippen LogP contribution in [0.5, 0.6) is 11.5 Å².